The lowest BCUT2D eigenvalue weighted by atomic mass is 9.91. The van der Waals surface area contributed by atoms with E-state index >= 15 is 0 Å². The number of halogens is 1. The highest BCUT2D eigenvalue weighted by atomic mass is 32.2. The van der Waals surface area contributed by atoms with Crippen LogP contribution in [0.5, 0.6) is 0 Å². The Balaban J connectivity index is 1.51. The minimum atomic E-state index is -2.08. The molecule has 1 saturated carbocycles. The molecule has 0 spiro atoms. The molecule has 0 bridgehead atoms. The second-order valence-electron chi connectivity index (χ2n) is 9.41. The molecule has 3 N–H and O–H groups in total. The predicted octanol–water partition coefficient (Wildman–Crippen LogP) is 3.04. The highest BCUT2D eigenvalue weighted by Crippen LogP contribution is 2.40. The number of nitrogens with two attached hydrogens (primary N) is 1. The van der Waals surface area contributed by atoms with Gasteiger partial charge in [-0.15, -0.1) is 0 Å². The number of carbonyl (C=O) groups excluding carboxylic acids is 2. The molecular formula is C25H26FN5O5S. The smallest absolute Gasteiger partial charge is 0.316 e. The van der Waals surface area contributed by atoms with Gasteiger partial charge in [0.1, 0.15) is 11.2 Å². The number of hydrogen-bond donors (Lipinski definition) is 2. The highest BCUT2D eigenvalue weighted by Gasteiger charge is 2.54. The van der Waals surface area contributed by atoms with E-state index in [-0.39, 0.29) is 19.0 Å². The number of nitrogens with one attached hydrogen (secondary N) is 1. The summed E-state index contributed by atoms with van der Waals surface area (Å²) in [4.78, 5) is 41.9. The maximum absolute atomic E-state index is 13.6. The Labute approximate surface area is 216 Å². The van der Waals surface area contributed by atoms with E-state index in [1.54, 1.807) is 31.3 Å². The van der Waals surface area contributed by atoms with Gasteiger partial charge in [0.2, 0.25) is 0 Å². The van der Waals surface area contributed by atoms with Crippen LogP contribution in [-0.4, -0.2) is 57.9 Å². The summed E-state index contributed by atoms with van der Waals surface area (Å²) in [6.45, 7) is 1.65. The molecular weight excluding hydrogens is 501 g/mol. The number of hydrogen-bond acceptors (Lipinski definition) is 9. The molecule has 3 aromatic rings. The first kappa shape index (κ1) is 25.3. The summed E-state index contributed by atoms with van der Waals surface area (Å²) in [5, 5.41) is 0.522. The number of aromatic amines is 1. The van der Waals surface area contributed by atoms with E-state index in [1.165, 1.54) is 23.9 Å². The van der Waals surface area contributed by atoms with E-state index < -0.39 is 28.9 Å². The normalized spacial score (nSPS) is 23.5. The number of benzene rings is 1. The van der Waals surface area contributed by atoms with Crippen LogP contribution in [0.15, 0.2) is 41.7 Å². The first-order chi connectivity index (χ1) is 17.7. The van der Waals surface area contributed by atoms with Gasteiger partial charge in [-0.2, -0.15) is 0 Å². The maximum Gasteiger partial charge on any atom is 0.316 e. The summed E-state index contributed by atoms with van der Waals surface area (Å²) >= 11 is 1.36. The van der Waals surface area contributed by atoms with Crippen molar-refractivity contribution in [3.05, 3.63) is 48.2 Å². The molecule has 0 unspecified atom stereocenters. The zero-order valence-electron chi connectivity index (χ0n) is 20.3. The Morgan fingerprint density at radius 3 is 2.51 bits per heavy atom. The molecule has 1 amide bonds. The molecule has 1 saturated heterocycles. The molecule has 2 aromatic heterocycles. The average Bonchev–Trinajstić information content (AvgIpc) is 3.64. The number of ether oxygens (including phenoxy) is 3. The highest BCUT2D eigenvalue weighted by molar-refractivity contribution is 7.98. The Hall–Kier alpha value is -3.35. The van der Waals surface area contributed by atoms with Gasteiger partial charge in [-0.05, 0) is 62.3 Å². The monoisotopic (exact) mass is 527 g/mol. The third-order valence-corrected chi connectivity index (χ3v) is 6.92. The standard InChI is InChI=1S/C25H26FN5O5S/c1-24(22(33)34-11-14-3-4-14)12-35-25(20(27)32,36-13-24)21-30-18(15-5-7-16(26)8-6-15)19(31-21)17-9-10-28-23(29-17)37-2/h5-10,14H,3-4,11-13H2,1-2H3,(H2,27,32)(H,30,31). The third-order valence-electron chi connectivity index (χ3n) is 6.36. The van der Waals surface area contributed by atoms with Crippen molar-refractivity contribution in [3.63, 3.8) is 0 Å². The Bertz CT molecular complexity index is 1320. The van der Waals surface area contributed by atoms with Crippen molar-refractivity contribution in [1.82, 2.24) is 19.9 Å². The molecule has 1 aromatic carbocycles. The molecule has 2 fully saturated rings. The summed E-state index contributed by atoms with van der Waals surface area (Å²) in [7, 11) is 0. The van der Waals surface area contributed by atoms with Gasteiger partial charge in [-0.1, -0.05) is 11.8 Å². The van der Waals surface area contributed by atoms with Crippen molar-refractivity contribution in [2.24, 2.45) is 17.1 Å². The van der Waals surface area contributed by atoms with Gasteiger partial charge in [-0.3, -0.25) is 9.59 Å². The lowest BCUT2D eigenvalue weighted by Gasteiger charge is -2.40. The van der Waals surface area contributed by atoms with Crippen molar-refractivity contribution in [1.29, 1.82) is 0 Å². The van der Waals surface area contributed by atoms with Crippen LogP contribution < -0.4 is 5.73 Å². The number of thioether (sulfide) groups is 1. The van der Waals surface area contributed by atoms with Gasteiger partial charge in [-0.25, -0.2) is 19.3 Å². The van der Waals surface area contributed by atoms with Crippen molar-refractivity contribution < 1.29 is 28.2 Å². The summed E-state index contributed by atoms with van der Waals surface area (Å²) < 4.78 is 30.8. The zero-order chi connectivity index (χ0) is 26.2. The summed E-state index contributed by atoms with van der Waals surface area (Å²) in [5.74, 6) is -3.52. The molecule has 5 rings (SSSR count). The van der Waals surface area contributed by atoms with Crippen LogP contribution in [0.1, 0.15) is 25.6 Å². The number of imidazole rings is 1. The van der Waals surface area contributed by atoms with Gasteiger partial charge in [0.05, 0.1) is 36.9 Å². The molecule has 37 heavy (non-hydrogen) atoms. The van der Waals surface area contributed by atoms with Gasteiger partial charge in [0, 0.05) is 11.8 Å². The van der Waals surface area contributed by atoms with Gasteiger partial charge in [0.15, 0.2) is 11.0 Å². The quantitative estimate of drug-likeness (QED) is 0.257. The fourth-order valence-corrected chi connectivity index (χ4v) is 4.24. The van der Waals surface area contributed by atoms with Crippen LogP contribution in [0.4, 0.5) is 4.39 Å². The van der Waals surface area contributed by atoms with Crippen molar-refractivity contribution in [3.8, 4) is 22.6 Å². The van der Waals surface area contributed by atoms with Crippen LogP contribution >= 0.6 is 11.8 Å². The van der Waals surface area contributed by atoms with Gasteiger partial charge in [0.25, 0.3) is 5.91 Å². The predicted molar refractivity (Wildman–Crippen MR) is 131 cm³/mol. The first-order valence-electron chi connectivity index (χ1n) is 11.7. The maximum atomic E-state index is 13.6. The average molecular weight is 528 g/mol. The Kier molecular flexibility index (Phi) is 6.73. The first-order valence-corrected chi connectivity index (χ1v) is 13.0. The van der Waals surface area contributed by atoms with Crippen LogP contribution in [0, 0.1) is 17.2 Å². The van der Waals surface area contributed by atoms with Crippen LogP contribution in [0.25, 0.3) is 22.6 Å². The summed E-state index contributed by atoms with van der Waals surface area (Å²) in [5.41, 5.74) is 6.51. The van der Waals surface area contributed by atoms with Gasteiger partial charge < -0.3 is 24.9 Å². The van der Waals surface area contributed by atoms with Crippen molar-refractivity contribution in [2.75, 3.05) is 26.1 Å². The van der Waals surface area contributed by atoms with Crippen molar-refractivity contribution in [2.45, 2.75) is 30.7 Å². The topological polar surface area (TPSA) is 142 Å². The van der Waals surface area contributed by atoms with E-state index in [2.05, 4.69) is 19.9 Å². The number of rotatable bonds is 8. The van der Waals surface area contributed by atoms with E-state index in [0.717, 1.165) is 12.8 Å². The van der Waals surface area contributed by atoms with Crippen LogP contribution in [0.2, 0.25) is 0 Å². The Morgan fingerprint density at radius 2 is 1.89 bits per heavy atom. The second kappa shape index (κ2) is 9.84. The van der Waals surface area contributed by atoms with Crippen molar-refractivity contribution >= 4 is 23.6 Å². The SMILES string of the molecule is CSc1nccc(-c2[nH]c(C3(C(N)=O)OCC(C)(C(=O)OCC4CC4)CO3)nc2-c2ccc(F)cc2)n1. The molecule has 3 heterocycles. The van der Waals surface area contributed by atoms with E-state index in [9.17, 15) is 14.0 Å². The molecule has 194 valence electrons. The largest absolute Gasteiger partial charge is 0.465 e. The van der Waals surface area contributed by atoms with Crippen LogP contribution in [-0.2, 0) is 29.6 Å². The molecule has 1 aliphatic heterocycles. The van der Waals surface area contributed by atoms with Crippen LogP contribution in [0.3, 0.4) is 0 Å². The van der Waals surface area contributed by atoms with E-state index in [0.29, 0.717) is 40.3 Å². The lowest BCUT2D eigenvalue weighted by molar-refractivity contribution is -0.293. The molecule has 1 aliphatic carbocycles. The molecule has 10 nitrogen and oxygen atoms in total. The molecule has 12 heteroatoms. The third kappa shape index (κ3) is 4.96. The fourth-order valence-electron chi connectivity index (χ4n) is 3.88. The number of esters is 1. The summed E-state index contributed by atoms with van der Waals surface area (Å²) in [6.07, 6.45) is 5.53. The number of aromatic nitrogens is 4. The number of H-pyrrole nitrogens is 1. The Morgan fingerprint density at radius 1 is 1.19 bits per heavy atom. The van der Waals surface area contributed by atoms with Gasteiger partial charge >= 0.3 is 11.8 Å². The second-order valence-corrected chi connectivity index (χ2v) is 10.2. The fraction of sp³-hybridized carbons (Fsp3) is 0.400. The number of nitrogens with zero attached hydrogens (tertiary/aromatic N) is 3. The number of amides is 1. The number of carbonyl (C=O) groups is 2. The minimum Gasteiger partial charge on any atom is -0.465 e. The molecule has 2 aliphatic rings. The van der Waals surface area contributed by atoms with E-state index in [1.807, 2.05) is 6.26 Å². The molecule has 0 atom stereocenters. The molecule has 0 radical (unpaired) electrons. The summed E-state index contributed by atoms with van der Waals surface area (Å²) in [6, 6.07) is 7.40. The number of primary amides is 1. The lowest BCUT2D eigenvalue weighted by Crippen LogP contribution is -2.56. The minimum absolute atomic E-state index is 0.0213. The zero-order valence-corrected chi connectivity index (χ0v) is 21.1. The van der Waals surface area contributed by atoms with E-state index in [4.69, 9.17) is 19.9 Å².